The van der Waals surface area contributed by atoms with Crippen LogP contribution < -0.4 is 11.1 Å². The van der Waals surface area contributed by atoms with Gasteiger partial charge >= 0.3 is 0 Å². The van der Waals surface area contributed by atoms with E-state index in [0.29, 0.717) is 5.92 Å². The summed E-state index contributed by atoms with van der Waals surface area (Å²) < 4.78 is 1.95. The van der Waals surface area contributed by atoms with Gasteiger partial charge in [0.05, 0.1) is 6.20 Å². The lowest BCUT2D eigenvalue weighted by Crippen LogP contribution is -2.60. The molecule has 0 radical (unpaired) electrons. The van der Waals surface area contributed by atoms with Gasteiger partial charge in [0.15, 0.2) is 0 Å². The molecule has 1 aromatic rings. The van der Waals surface area contributed by atoms with Crippen molar-refractivity contribution in [1.29, 1.82) is 0 Å². The summed E-state index contributed by atoms with van der Waals surface area (Å²) in [6.07, 6.45) is 7.81. The van der Waals surface area contributed by atoms with Crippen molar-refractivity contribution in [1.82, 2.24) is 15.1 Å². The number of carbonyl (C=O) groups excluding carboxylic acids is 1. The minimum absolute atomic E-state index is 0.203. The number of aromatic nitrogens is 2. The van der Waals surface area contributed by atoms with Crippen molar-refractivity contribution in [3.05, 3.63) is 18.0 Å². The number of amides is 1. The molecular formula is C15H26N4O. The Kier molecular flexibility index (Phi) is 4.48. The van der Waals surface area contributed by atoms with Crippen molar-refractivity contribution in [3.8, 4) is 0 Å². The van der Waals surface area contributed by atoms with Gasteiger partial charge in [0.25, 0.3) is 0 Å². The van der Waals surface area contributed by atoms with Gasteiger partial charge in [0.2, 0.25) is 5.91 Å². The van der Waals surface area contributed by atoms with Crippen LogP contribution >= 0.6 is 0 Å². The molecule has 5 nitrogen and oxygen atoms in total. The Morgan fingerprint density at radius 3 is 2.95 bits per heavy atom. The predicted octanol–water partition coefficient (Wildman–Crippen LogP) is 1.60. The van der Waals surface area contributed by atoms with Gasteiger partial charge in [-0.3, -0.25) is 9.48 Å². The number of nitrogens with two attached hydrogens (primary N) is 1. The maximum atomic E-state index is 12.0. The highest BCUT2D eigenvalue weighted by Gasteiger charge is 2.47. The molecule has 0 bridgehead atoms. The fraction of sp³-hybridized carbons (Fsp3) is 0.733. The molecule has 0 aromatic carbocycles. The van der Waals surface area contributed by atoms with E-state index in [4.69, 9.17) is 5.73 Å². The Bertz CT molecular complexity index is 468. The van der Waals surface area contributed by atoms with Crippen LogP contribution in [0.3, 0.4) is 0 Å². The van der Waals surface area contributed by atoms with Crippen molar-refractivity contribution in [2.24, 2.45) is 11.7 Å². The van der Waals surface area contributed by atoms with Gasteiger partial charge in [-0.15, -0.1) is 0 Å². The highest BCUT2D eigenvalue weighted by Crippen LogP contribution is 2.38. The molecule has 1 heterocycles. The van der Waals surface area contributed by atoms with Crippen molar-refractivity contribution < 1.29 is 4.79 Å². The van der Waals surface area contributed by atoms with Crippen LogP contribution in [0.25, 0.3) is 0 Å². The third kappa shape index (κ3) is 3.03. The zero-order valence-electron chi connectivity index (χ0n) is 12.7. The van der Waals surface area contributed by atoms with E-state index in [9.17, 15) is 4.79 Å². The van der Waals surface area contributed by atoms with E-state index in [1.807, 2.05) is 24.0 Å². The minimum Gasteiger partial charge on any atom is -0.368 e. The lowest BCUT2D eigenvalue weighted by atomic mass is 9.83. The third-order valence-electron chi connectivity index (χ3n) is 4.28. The summed E-state index contributed by atoms with van der Waals surface area (Å²) in [7, 11) is 0. The first-order chi connectivity index (χ1) is 9.44. The largest absolute Gasteiger partial charge is 0.368 e. The minimum atomic E-state index is -0.531. The number of nitrogens with one attached hydrogen (secondary N) is 1. The molecular weight excluding hydrogens is 252 g/mol. The van der Waals surface area contributed by atoms with Crippen molar-refractivity contribution in [3.63, 3.8) is 0 Å². The number of rotatable bonds is 6. The average molecular weight is 278 g/mol. The molecule has 1 aliphatic rings. The predicted molar refractivity (Wildman–Crippen MR) is 79.1 cm³/mol. The lowest BCUT2D eigenvalue weighted by Gasteiger charge is -2.35. The number of nitrogens with zero attached hydrogens (tertiary/aromatic N) is 2. The van der Waals surface area contributed by atoms with E-state index >= 15 is 0 Å². The van der Waals surface area contributed by atoms with E-state index < -0.39 is 5.54 Å². The van der Waals surface area contributed by atoms with E-state index in [1.54, 1.807) is 0 Å². The number of aryl methyl sites for hydroxylation is 2. The van der Waals surface area contributed by atoms with Crippen LogP contribution in [0.15, 0.2) is 12.4 Å². The molecule has 1 fully saturated rings. The number of primary amides is 1. The van der Waals surface area contributed by atoms with Crippen LogP contribution in [-0.2, 0) is 11.3 Å². The second-order valence-electron chi connectivity index (χ2n) is 6.29. The van der Waals surface area contributed by atoms with Crippen LogP contribution in [0, 0.1) is 12.8 Å². The number of hydrogen-bond donors (Lipinski definition) is 2. The lowest BCUT2D eigenvalue weighted by molar-refractivity contribution is -0.126. The van der Waals surface area contributed by atoms with Gasteiger partial charge in [-0.25, -0.2) is 0 Å². The van der Waals surface area contributed by atoms with E-state index in [1.165, 1.54) is 0 Å². The molecule has 0 spiro atoms. The second kappa shape index (κ2) is 5.95. The van der Waals surface area contributed by atoms with Gasteiger partial charge in [-0.1, -0.05) is 6.42 Å². The first kappa shape index (κ1) is 15.0. The summed E-state index contributed by atoms with van der Waals surface area (Å²) in [4.78, 5) is 12.0. The molecule has 1 aromatic heterocycles. The SMILES string of the molecule is Cc1cnn(CCC2CCCC2(NC(C)C)C(N)=O)c1. The molecule has 2 unspecified atom stereocenters. The number of hydrogen-bond acceptors (Lipinski definition) is 3. The summed E-state index contributed by atoms with van der Waals surface area (Å²) in [6, 6.07) is 0.259. The maximum absolute atomic E-state index is 12.0. The average Bonchev–Trinajstić information content (AvgIpc) is 2.93. The molecule has 0 aliphatic heterocycles. The Balaban J connectivity index is 2.06. The van der Waals surface area contributed by atoms with E-state index in [0.717, 1.165) is 37.8 Å². The van der Waals surface area contributed by atoms with Crippen LogP contribution in [-0.4, -0.2) is 27.3 Å². The Morgan fingerprint density at radius 2 is 2.40 bits per heavy atom. The van der Waals surface area contributed by atoms with Crippen molar-refractivity contribution in [2.75, 3.05) is 0 Å². The number of carbonyl (C=O) groups is 1. The normalized spacial score (nSPS) is 26.3. The molecule has 1 aliphatic carbocycles. The maximum Gasteiger partial charge on any atom is 0.238 e. The fourth-order valence-electron chi connectivity index (χ4n) is 3.45. The molecule has 20 heavy (non-hydrogen) atoms. The Hall–Kier alpha value is -1.36. The van der Waals surface area contributed by atoms with Crippen molar-refractivity contribution in [2.45, 2.75) is 64.6 Å². The molecule has 5 heteroatoms. The molecule has 2 rings (SSSR count). The molecule has 1 amide bonds. The molecule has 0 saturated heterocycles. The van der Waals surface area contributed by atoms with E-state index in [2.05, 4.69) is 24.3 Å². The topological polar surface area (TPSA) is 72.9 Å². The van der Waals surface area contributed by atoms with E-state index in [-0.39, 0.29) is 11.9 Å². The zero-order valence-corrected chi connectivity index (χ0v) is 12.7. The summed E-state index contributed by atoms with van der Waals surface area (Å²) in [5.41, 5.74) is 6.35. The first-order valence-corrected chi connectivity index (χ1v) is 7.50. The first-order valence-electron chi connectivity index (χ1n) is 7.50. The summed E-state index contributed by atoms with van der Waals surface area (Å²) in [5.74, 6) is 0.0947. The van der Waals surface area contributed by atoms with Gasteiger partial charge < -0.3 is 11.1 Å². The monoisotopic (exact) mass is 278 g/mol. The molecule has 2 atom stereocenters. The quantitative estimate of drug-likeness (QED) is 0.830. The summed E-state index contributed by atoms with van der Waals surface area (Å²) in [6.45, 7) is 7.01. The van der Waals surface area contributed by atoms with Crippen LogP contribution in [0.2, 0.25) is 0 Å². The zero-order chi connectivity index (χ0) is 14.8. The molecule has 1 saturated carbocycles. The van der Waals surface area contributed by atoms with Gasteiger partial charge in [0.1, 0.15) is 5.54 Å². The Morgan fingerprint density at radius 1 is 1.65 bits per heavy atom. The van der Waals surface area contributed by atoms with Crippen molar-refractivity contribution >= 4 is 5.91 Å². The van der Waals surface area contributed by atoms with Gasteiger partial charge in [-0.05, 0) is 51.5 Å². The van der Waals surface area contributed by atoms with Crippen LogP contribution in [0.1, 0.15) is 45.1 Å². The fourth-order valence-corrected chi connectivity index (χ4v) is 3.45. The Labute approximate surface area is 120 Å². The second-order valence-corrected chi connectivity index (χ2v) is 6.29. The third-order valence-corrected chi connectivity index (χ3v) is 4.28. The van der Waals surface area contributed by atoms with Crippen LogP contribution in [0.5, 0.6) is 0 Å². The summed E-state index contributed by atoms with van der Waals surface area (Å²) >= 11 is 0. The van der Waals surface area contributed by atoms with Gasteiger partial charge in [0, 0.05) is 18.8 Å². The van der Waals surface area contributed by atoms with Crippen LogP contribution in [0.4, 0.5) is 0 Å². The smallest absolute Gasteiger partial charge is 0.238 e. The highest BCUT2D eigenvalue weighted by molar-refractivity contribution is 5.85. The molecule has 3 N–H and O–H groups in total. The molecule has 112 valence electrons. The van der Waals surface area contributed by atoms with Gasteiger partial charge in [-0.2, -0.15) is 5.10 Å². The summed E-state index contributed by atoms with van der Waals surface area (Å²) in [5, 5.41) is 7.75. The highest BCUT2D eigenvalue weighted by atomic mass is 16.1. The standard InChI is InChI=1S/C15H26N4O/c1-11(2)18-15(14(16)20)7-4-5-13(15)6-8-19-10-12(3)9-17-19/h9-11,13,18H,4-8H2,1-3H3,(H2,16,20).